The molecule has 1 heterocycles. The van der Waals surface area contributed by atoms with E-state index in [0.717, 1.165) is 0 Å². The third-order valence-electron chi connectivity index (χ3n) is 3.65. The molecular weight excluding hydrogens is 379 g/mol. The van der Waals surface area contributed by atoms with Crippen molar-refractivity contribution in [2.75, 3.05) is 24.2 Å². The number of carbonyl (C=O) groups excluding carboxylic acids is 1. The minimum Gasteiger partial charge on any atom is -0.482 e. The summed E-state index contributed by atoms with van der Waals surface area (Å²) in [5.41, 5.74) is 0.920. The standard InChI is InChI=1S/C17H17FN2O4S2/c18-14-4-2-1-3-12(14)11-25-8-7-19-26(22,23)13-5-6-16-15(9-13)20-17(21)10-24-16/h1-6,9,19H,7-8,10-11H2,(H,20,21). The molecule has 1 amide bonds. The molecule has 26 heavy (non-hydrogen) atoms. The van der Waals surface area contributed by atoms with Crippen molar-refractivity contribution >= 4 is 33.4 Å². The highest BCUT2D eigenvalue weighted by atomic mass is 32.2. The number of fused-ring (bicyclic) bond motifs is 1. The molecule has 3 rings (SSSR count). The largest absolute Gasteiger partial charge is 0.482 e. The van der Waals surface area contributed by atoms with E-state index in [1.807, 2.05) is 0 Å². The van der Waals surface area contributed by atoms with Gasteiger partial charge in [0.15, 0.2) is 6.61 Å². The van der Waals surface area contributed by atoms with Gasteiger partial charge in [-0.1, -0.05) is 18.2 Å². The Bertz CT molecular complexity index is 919. The molecule has 0 fully saturated rings. The summed E-state index contributed by atoms with van der Waals surface area (Å²) in [5, 5.41) is 2.58. The van der Waals surface area contributed by atoms with E-state index in [4.69, 9.17) is 4.74 Å². The van der Waals surface area contributed by atoms with E-state index < -0.39 is 10.0 Å². The molecule has 2 N–H and O–H groups in total. The van der Waals surface area contributed by atoms with Crippen molar-refractivity contribution in [1.29, 1.82) is 0 Å². The van der Waals surface area contributed by atoms with Gasteiger partial charge in [-0.05, 0) is 29.8 Å². The monoisotopic (exact) mass is 396 g/mol. The number of nitrogens with one attached hydrogen (secondary N) is 2. The zero-order valence-corrected chi connectivity index (χ0v) is 15.3. The fourth-order valence-electron chi connectivity index (χ4n) is 2.36. The van der Waals surface area contributed by atoms with Crippen molar-refractivity contribution in [2.45, 2.75) is 10.6 Å². The topological polar surface area (TPSA) is 84.5 Å². The number of rotatable bonds is 7. The zero-order valence-electron chi connectivity index (χ0n) is 13.7. The van der Waals surface area contributed by atoms with Gasteiger partial charge in [0.2, 0.25) is 10.0 Å². The highest BCUT2D eigenvalue weighted by Crippen LogP contribution is 2.30. The van der Waals surface area contributed by atoms with Crippen molar-refractivity contribution in [1.82, 2.24) is 4.72 Å². The lowest BCUT2D eigenvalue weighted by Gasteiger charge is -2.18. The average Bonchev–Trinajstić information content (AvgIpc) is 2.62. The third-order valence-corrected chi connectivity index (χ3v) is 6.11. The van der Waals surface area contributed by atoms with Crippen molar-refractivity contribution in [3.63, 3.8) is 0 Å². The molecule has 0 atom stereocenters. The van der Waals surface area contributed by atoms with Gasteiger partial charge in [-0.15, -0.1) is 0 Å². The Kier molecular flexibility index (Phi) is 5.80. The lowest BCUT2D eigenvalue weighted by molar-refractivity contribution is -0.118. The number of sulfonamides is 1. The Labute approximate surface area is 155 Å². The first-order chi connectivity index (χ1) is 12.5. The molecule has 2 aromatic rings. The molecule has 1 aliphatic heterocycles. The van der Waals surface area contributed by atoms with Gasteiger partial charge >= 0.3 is 0 Å². The summed E-state index contributed by atoms with van der Waals surface area (Å²) >= 11 is 1.44. The SMILES string of the molecule is O=C1COc2ccc(S(=O)(=O)NCCSCc3ccccc3F)cc2N1. The van der Waals surface area contributed by atoms with Crippen LogP contribution < -0.4 is 14.8 Å². The molecule has 0 bridgehead atoms. The van der Waals surface area contributed by atoms with Gasteiger partial charge in [0.05, 0.1) is 10.6 Å². The van der Waals surface area contributed by atoms with Crippen LogP contribution in [-0.4, -0.2) is 33.2 Å². The second kappa shape index (κ2) is 8.07. The van der Waals surface area contributed by atoms with Crippen LogP contribution in [0, 0.1) is 5.82 Å². The number of benzene rings is 2. The van der Waals surface area contributed by atoms with Crippen LogP contribution in [0.5, 0.6) is 5.75 Å². The Balaban J connectivity index is 1.54. The number of anilines is 1. The number of ether oxygens (including phenoxy) is 1. The predicted molar refractivity (Wildman–Crippen MR) is 98.3 cm³/mol. The molecule has 9 heteroatoms. The lowest BCUT2D eigenvalue weighted by atomic mass is 10.2. The summed E-state index contributed by atoms with van der Waals surface area (Å²) in [7, 11) is -3.71. The molecule has 0 aliphatic carbocycles. The quantitative estimate of drug-likeness (QED) is 0.702. The smallest absolute Gasteiger partial charge is 0.262 e. The summed E-state index contributed by atoms with van der Waals surface area (Å²) < 4.78 is 45.9. The zero-order chi connectivity index (χ0) is 18.6. The number of hydrogen-bond donors (Lipinski definition) is 2. The van der Waals surface area contributed by atoms with E-state index in [9.17, 15) is 17.6 Å². The Morgan fingerprint density at radius 1 is 1.23 bits per heavy atom. The van der Waals surface area contributed by atoms with Crippen molar-refractivity contribution < 1.29 is 22.3 Å². The van der Waals surface area contributed by atoms with E-state index in [1.54, 1.807) is 18.2 Å². The number of thioether (sulfide) groups is 1. The van der Waals surface area contributed by atoms with Gasteiger partial charge in [0.1, 0.15) is 11.6 Å². The van der Waals surface area contributed by atoms with E-state index >= 15 is 0 Å². The summed E-state index contributed by atoms with van der Waals surface area (Å²) in [6.07, 6.45) is 0. The fraction of sp³-hybridized carbons (Fsp3) is 0.235. The van der Waals surface area contributed by atoms with Gasteiger partial charge in [0.25, 0.3) is 5.91 Å². The summed E-state index contributed by atoms with van der Waals surface area (Å²) in [6, 6.07) is 10.8. The second-order valence-corrected chi connectivity index (χ2v) is 8.41. The second-order valence-electron chi connectivity index (χ2n) is 5.54. The highest BCUT2D eigenvalue weighted by molar-refractivity contribution is 7.98. The van der Waals surface area contributed by atoms with Gasteiger partial charge in [0, 0.05) is 18.1 Å². The number of halogens is 1. The molecule has 0 radical (unpaired) electrons. The van der Waals surface area contributed by atoms with Crippen LogP contribution in [0.4, 0.5) is 10.1 Å². The first-order valence-electron chi connectivity index (χ1n) is 7.83. The molecule has 0 spiro atoms. The number of hydrogen-bond acceptors (Lipinski definition) is 5. The van der Waals surface area contributed by atoms with Crippen LogP contribution in [0.3, 0.4) is 0 Å². The van der Waals surface area contributed by atoms with Gasteiger partial charge in [-0.3, -0.25) is 4.79 Å². The molecule has 2 aromatic carbocycles. The summed E-state index contributed by atoms with van der Waals surface area (Å²) in [4.78, 5) is 11.4. The first-order valence-corrected chi connectivity index (χ1v) is 10.5. The maximum absolute atomic E-state index is 13.5. The molecular formula is C17H17FN2O4S2. The van der Waals surface area contributed by atoms with Gasteiger partial charge in [-0.25, -0.2) is 17.5 Å². The Morgan fingerprint density at radius 3 is 2.85 bits per heavy atom. The highest BCUT2D eigenvalue weighted by Gasteiger charge is 2.20. The maximum atomic E-state index is 13.5. The van der Waals surface area contributed by atoms with E-state index in [0.29, 0.717) is 28.5 Å². The molecule has 0 aromatic heterocycles. The minimum atomic E-state index is -3.71. The summed E-state index contributed by atoms with van der Waals surface area (Å²) in [5.74, 6) is 0.807. The van der Waals surface area contributed by atoms with E-state index in [-0.39, 0.29) is 29.8 Å². The first kappa shape index (κ1) is 18.7. The Hall–Kier alpha value is -2.10. The van der Waals surface area contributed by atoms with Crippen LogP contribution in [0.15, 0.2) is 47.4 Å². The fourth-order valence-corrected chi connectivity index (χ4v) is 4.39. The van der Waals surface area contributed by atoms with Crippen molar-refractivity contribution in [2.24, 2.45) is 0 Å². The van der Waals surface area contributed by atoms with Crippen LogP contribution in [0.2, 0.25) is 0 Å². The van der Waals surface area contributed by atoms with Gasteiger partial charge < -0.3 is 10.1 Å². The van der Waals surface area contributed by atoms with Crippen LogP contribution in [0.1, 0.15) is 5.56 Å². The predicted octanol–water partition coefficient (Wildman–Crippen LogP) is 2.37. The minimum absolute atomic E-state index is 0.0427. The third kappa shape index (κ3) is 4.54. The van der Waals surface area contributed by atoms with E-state index in [2.05, 4.69) is 10.0 Å². The van der Waals surface area contributed by atoms with Gasteiger partial charge in [-0.2, -0.15) is 11.8 Å². The summed E-state index contributed by atoms with van der Waals surface area (Å²) in [6.45, 7) is 0.123. The normalized spacial score (nSPS) is 13.7. The Morgan fingerprint density at radius 2 is 2.04 bits per heavy atom. The number of amides is 1. The van der Waals surface area contributed by atoms with Crippen molar-refractivity contribution in [3.05, 3.63) is 53.8 Å². The average molecular weight is 396 g/mol. The van der Waals surface area contributed by atoms with Crippen LogP contribution in [-0.2, 0) is 20.6 Å². The molecule has 1 aliphatic rings. The lowest BCUT2D eigenvalue weighted by Crippen LogP contribution is -2.28. The van der Waals surface area contributed by atoms with Crippen LogP contribution in [0.25, 0.3) is 0 Å². The molecule has 138 valence electrons. The molecule has 0 saturated heterocycles. The maximum Gasteiger partial charge on any atom is 0.262 e. The van der Waals surface area contributed by atoms with E-state index in [1.165, 1.54) is 36.0 Å². The molecule has 6 nitrogen and oxygen atoms in total. The molecule has 0 unspecified atom stereocenters. The molecule has 0 saturated carbocycles. The van der Waals surface area contributed by atoms with Crippen molar-refractivity contribution in [3.8, 4) is 5.75 Å². The van der Waals surface area contributed by atoms with Crippen LogP contribution >= 0.6 is 11.8 Å². The number of carbonyl (C=O) groups is 1.